The number of hydrogen-bond acceptors (Lipinski definition) is 4. The van der Waals surface area contributed by atoms with E-state index in [9.17, 15) is 4.79 Å². The smallest absolute Gasteiger partial charge is 0.223 e. The first-order chi connectivity index (χ1) is 9.70. The second-order valence-corrected chi connectivity index (χ2v) is 6.26. The summed E-state index contributed by atoms with van der Waals surface area (Å²) in [6.07, 6.45) is 4.41. The molecule has 0 unspecified atom stereocenters. The average Bonchev–Trinajstić information content (AvgIpc) is 3.03. The summed E-state index contributed by atoms with van der Waals surface area (Å²) in [5, 5.41) is 0. The minimum absolute atomic E-state index is 0.290. The van der Waals surface area contributed by atoms with Gasteiger partial charge in [-0.15, -0.1) is 0 Å². The normalized spacial score (nSPS) is 20.9. The Balaban J connectivity index is 1.58. The maximum Gasteiger partial charge on any atom is 0.223 e. The predicted octanol–water partition coefficient (Wildman–Crippen LogP) is 1.64. The maximum atomic E-state index is 12.3. The van der Waals surface area contributed by atoms with Gasteiger partial charge in [0.25, 0.3) is 0 Å². The molecule has 106 valence electrons. The highest BCUT2D eigenvalue weighted by atomic mass is 16.2. The number of carbonyl (C=O) groups is 1. The Hall–Kier alpha value is -1.65. The molecule has 0 atom stereocenters. The fourth-order valence-electron chi connectivity index (χ4n) is 3.02. The molecule has 1 aromatic rings. The fraction of sp³-hybridized carbons (Fsp3) is 0.667. The summed E-state index contributed by atoms with van der Waals surface area (Å²) in [6.45, 7) is 5.48. The first-order valence-electron chi connectivity index (χ1n) is 7.60. The van der Waals surface area contributed by atoms with Crippen LogP contribution >= 0.6 is 0 Å². The van der Waals surface area contributed by atoms with Crippen molar-refractivity contribution < 1.29 is 4.79 Å². The van der Waals surface area contributed by atoms with Crippen LogP contribution in [0.5, 0.6) is 0 Å². The summed E-state index contributed by atoms with van der Waals surface area (Å²) >= 11 is 0. The first-order valence-corrected chi connectivity index (χ1v) is 7.60. The summed E-state index contributed by atoms with van der Waals surface area (Å²) in [7, 11) is 0. The van der Waals surface area contributed by atoms with Gasteiger partial charge in [0.2, 0.25) is 5.91 Å². The van der Waals surface area contributed by atoms with Crippen molar-refractivity contribution in [1.82, 2.24) is 14.9 Å². The molecule has 2 fully saturated rings. The molecule has 0 radical (unpaired) electrons. The van der Waals surface area contributed by atoms with Crippen LogP contribution < -0.4 is 4.90 Å². The third-order valence-corrected chi connectivity index (χ3v) is 4.54. The van der Waals surface area contributed by atoms with E-state index < -0.39 is 0 Å². The number of rotatable bonds is 3. The van der Waals surface area contributed by atoms with Crippen molar-refractivity contribution in [3.63, 3.8) is 0 Å². The van der Waals surface area contributed by atoms with Gasteiger partial charge in [0.05, 0.1) is 18.8 Å². The van der Waals surface area contributed by atoms with Crippen molar-refractivity contribution in [3.8, 4) is 0 Å². The van der Waals surface area contributed by atoms with Gasteiger partial charge in [-0.1, -0.05) is 0 Å². The maximum absolute atomic E-state index is 12.3. The lowest BCUT2D eigenvalue weighted by atomic mass is 10.1. The highest BCUT2D eigenvalue weighted by Crippen LogP contribution is 2.36. The van der Waals surface area contributed by atoms with E-state index in [1.165, 1.54) is 24.8 Å². The molecule has 5 nitrogen and oxygen atoms in total. The van der Waals surface area contributed by atoms with Crippen molar-refractivity contribution in [2.75, 3.05) is 18.0 Å². The molecule has 1 saturated carbocycles. The topological polar surface area (TPSA) is 49.3 Å². The number of carbonyl (C=O) groups excluding carboxylic acids is 1. The van der Waals surface area contributed by atoms with Crippen LogP contribution in [0.4, 0.5) is 5.82 Å². The van der Waals surface area contributed by atoms with Crippen LogP contribution in [-0.2, 0) is 17.9 Å². The van der Waals surface area contributed by atoms with Crippen LogP contribution in [-0.4, -0.2) is 33.9 Å². The Kier molecular flexibility index (Phi) is 2.69. The SMILES string of the molecule is Cc1nc2c(c(N3CCC3)n1)CN(C(=O)CC1CC1)C2. The molecule has 4 rings (SSSR count). The number of aromatic nitrogens is 2. The zero-order chi connectivity index (χ0) is 13.7. The summed E-state index contributed by atoms with van der Waals surface area (Å²) < 4.78 is 0. The molecule has 0 spiro atoms. The monoisotopic (exact) mass is 272 g/mol. The van der Waals surface area contributed by atoms with E-state index in [2.05, 4.69) is 14.9 Å². The largest absolute Gasteiger partial charge is 0.356 e. The summed E-state index contributed by atoms with van der Waals surface area (Å²) in [5.41, 5.74) is 2.24. The predicted molar refractivity (Wildman–Crippen MR) is 75.2 cm³/mol. The number of hydrogen-bond donors (Lipinski definition) is 0. The molecule has 1 aliphatic carbocycles. The number of nitrogens with zero attached hydrogens (tertiary/aromatic N) is 4. The van der Waals surface area contributed by atoms with Crippen LogP contribution in [0.25, 0.3) is 0 Å². The molecule has 1 saturated heterocycles. The van der Waals surface area contributed by atoms with Crippen molar-refractivity contribution >= 4 is 11.7 Å². The van der Waals surface area contributed by atoms with E-state index >= 15 is 0 Å². The van der Waals surface area contributed by atoms with Crippen LogP contribution in [0, 0.1) is 12.8 Å². The van der Waals surface area contributed by atoms with Gasteiger partial charge in [-0.2, -0.15) is 0 Å². The van der Waals surface area contributed by atoms with Crippen molar-refractivity contribution in [1.29, 1.82) is 0 Å². The van der Waals surface area contributed by atoms with Gasteiger partial charge in [-0.3, -0.25) is 4.79 Å². The lowest BCUT2D eigenvalue weighted by Gasteiger charge is -2.33. The van der Waals surface area contributed by atoms with E-state index in [0.717, 1.165) is 36.8 Å². The summed E-state index contributed by atoms with van der Waals surface area (Å²) in [4.78, 5) is 25.7. The average molecular weight is 272 g/mol. The zero-order valence-electron chi connectivity index (χ0n) is 11.9. The van der Waals surface area contributed by atoms with E-state index in [1.54, 1.807) is 0 Å². The van der Waals surface area contributed by atoms with Crippen LogP contribution in [0.15, 0.2) is 0 Å². The second kappa shape index (κ2) is 4.43. The van der Waals surface area contributed by atoms with Crippen LogP contribution in [0.2, 0.25) is 0 Å². The van der Waals surface area contributed by atoms with Gasteiger partial charge in [-0.25, -0.2) is 9.97 Å². The Morgan fingerprint density at radius 2 is 2.05 bits per heavy atom. The Morgan fingerprint density at radius 1 is 1.25 bits per heavy atom. The van der Waals surface area contributed by atoms with Gasteiger partial charge in [0, 0.05) is 25.1 Å². The standard InChI is InChI=1S/C15H20N4O/c1-10-16-13-9-19(14(20)7-11-3-4-11)8-12(13)15(17-10)18-5-2-6-18/h11H,2-9H2,1H3. The number of amides is 1. The lowest BCUT2D eigenvalue weighted by molar-refractivity contribution is -0.132. The number of fused-ring (bicyclic) bond motifs is 1. The van der Waals surface area contributed by atoms with E-state index in [0.29, 0.717) is 19.0 Å². The highest BCUT2D eigenvalue weighted by molar-refractivity contribution is 5.78. The fourth-order valence-corrected chi connectivity index (χ4v) is 3.02. The molecule has 0 aromatic carbocycles. The molecule has 5 heteroatoms. The van der Waals surface area contributed by atoms with E-state index in [-0.39, 0.29) is 5.91 Å². The quantitative estimate of drug-likeness (QED) is 0.839. The molecule has 1 amide bonds. The Morgan fingerprint density at radius 3 is 2.70 bits per heavy atom. The lowest BCUT2D eigenvalue weighted by Crippen LogP contribution is -2.38. The van der Waals surface area contributed by atoms with Crippen molar-refractivity contribution in [2.45, 2.75) is 45.7 Å². The Bertz CT molecular complexity index is 563. The second-order valence-electron chi connectivity index (χ2n) is 6.26. The zero-order valence-corrected chi connectivity index (χ0v) is 11.9. The van der Waals surface area contributed by atoms with Crippen LogP contribution in [0.1, 0.15) is 42.8 Å². The molecular weight excluding hydrogens is 252 g/mol. The summed E-state index contributed by atoms with van der Waals surface area (Å²) in [6, 6.07) is 0. The minimum atomic E-state index is 0.290. The van der Waals surface area contributed by atoms with Crippen molar-refractivity contribution in [2.24, 2.45) is 5.92 Å². The first kappa shape index (κ1) is 12.1. The molecule has 1 aromatic heterocycles. The van der Waals surface area contributed by atoms with E-state index in [1.807, 2.05) is 11.8 Å². The van der Waals surface area contributed by atoms with Gasteiger partial charge in [0.1, 0.15) is 11.6 Å². The molecule has 0 N–H and O–H groups in total. The van der Waals surface area contributed by atoms with Crippen LogP contribution in [0.3, 0.4) is 0 Å². The van der Waals surface area contributed by atoms with Crippen molar-refractivity contribution in [3.05, 3.63) is 17.1 Å². The minimum Gasteiger partial charge on any atom is -0.356 e. The molecule has 20 heavy (non-hydrogen) atoms. The van der Waals surface area contributed by atoms with Gasteiger partial charge in [-0.05, 0) is 32.1 Å². The third-order valence-electron chi connectivity index (χ3n) is 4.54. The van der Waals surface area contributed by atoms with Gasteiger partial charge >= 0.3 is 0 Å². The van der Waals surface area contributed by atoms with Gasteiger partial charge in [0.15, 0.2) is 0 Å². The van der Waals surface area contributed by atoms with E-state index in [4.69, 9.17) is 0 Å². The molecule has 0 bridgehead atoms. The molecule has 2 aliphatic heterocycles. The molecule has 3 aliphatic rings. The number of anilines is 1. The van der Waals surface area contributed by atoms with Gasteiger partial charge < -0.3 is 9.80 Å². The molecule has 3 heterocycles. The Labute approximate surface area is 119 Å². The third kappa shape index (κ3) is 2.05. The number of aryl methyl sites for hydroxylation is 1. The molecular formula is C15H20N4O. The highest BCUT2D eigenvalue weighted by Gasteiger charge is 2.33. The summed E-state index contributed by atoms with van der Waals surface area (Å²) in [5.74, 6) is 2.83.